The molecular formula is C24H35N3O3Si. The van der Waals surface area contributed by atoms with Crippen molar-refractivity contribution in [1.82, 2.24) is 9.97 Å². The summed E-state index contributed by atoms with van der Waals surface area (Å²) >= 11 is 0. The molecule has 2 aromatic rings. The number of piperidine rings is 1. The quantitative estimate of drug-likeness (QED) is 0.473. The Labute approximate surface area is 187 Å². The number of carbonyl (C=O) groups excluding carboxylic acids is 1. The van der Waals surface area contributed by atoms with Gasteiger partial charge in [0.05, 0.1) is 30.6 Å². The number of anilines is 1. The first-order valence-corrected chi connectivity index (χ1v) is 13.4. The maximum absolute atomic E-state index is 13.0. The molecule has 1 saturated heterocycles. The minimum Gasteiger partial charge on any atom is -0.424 e. The number of para-hydroxylation sites is 1. The van der Waals surface area contributed by atoms with Crippen LogP contribution in [0.25, 0.3) is 0 Å². The van der Waals surface area contributed by atoms with Gasteiger partial charge in [-0.3, -0.25) is 4.79 Å². The third-order valence-electron chi connectivity index (χ3n) is 6.33. The first kappa shape index (κ1) is 23.4. The monoisotopic (exact) mass is 441 g/mol. The van der Waals surface area contributed by atoms with Crippen LogP contribution in [0.1, 0.15) is 54.4 Å². The van der Waals surface area contributed by atoms with Gasteiger partial charge in [-0.05, 0) is 35.2 Å². The van der Waals surface area contributed by atoms with E-state index in [1.54, 1.807) is 17.3 Å². The van der Waals surface area contributed by atoms with E-state index in [0.29, 0.717) is 41.0 Å². The molecule has 1 fully saturated rings. The average molecular weight is 442 g/mol. The average Bonchev–Trinajstić information content (AvgIpc) is 2.73. The Balaban J connectivity index is 1.65. The molecule has 1 unspecified atom stereocenters. The SMILES string of the molecule is CC(C)[Si](OC1CCN(c2cnc(Oc3ccccc3)nc2)C(=O)C1)(C(C)C)C(C)C. The lowest BCUT2D eigenvalue weighted by Crippen LogP contribution is -2.53. The molecule has 1 aromatic heterocycles. The summed E-state index contributed by atoms with van der Waals surface area (Å²) in [6.07, 6.45) is 4.53. The fraction of sp³-hybridized carbons (Fsp3) is 0.542. The molecule has 0 N–H and O–H groups in total. The van der Waals surface area contributed by atoms with Crippen molar-refractivity contribution in [2.75, 3.05) is 11.4 Å². The van der Waals surface area contributed by atoms with Gasteiger partial charge in [-0.2, -0.15) is 0 Å². The molecule has 2 heterocycles. The molecule has 0 aliphatic carbocycles. The highest BCUT2D eigenvalue weighted by atomic mass is 28.4. The number of hydrogen-bond donors (Lipinski definition) is 0. The summed E-state index contributed by atoms with van der Waals surface area (Å²) in [5.41, 5.74) is 2.22. The number of carbonyl (C=O) groups is 1. The van der Waals surface area contributed by atoms with Crippen molar-refractivity contribution in [3.05, 3.63) is 42.7 Å². The van der Waals surface area contributed by atoms with E-state index in [4.69, 9.17) is 9.16 Å². The zero-order valence-electron chi connectivity index (χ0n) is 19.5. The molecule has 0 bridgehead atoms. The van der Waals surface area contributed by atoms with Gasteiger partial charge < -0.3 is 14.1 Å². The topological polar surface area (TPSA) is 64.6 Å². The lowest BCUT2D eigenvalue weighted by atomic mass is 10.1. The summed E-state index contributed by atoms with van der Waals surface area (Å²) in [5.74, 6) is 0.744. The third kappa shape index (κ3) is 5.15. The Bertz CT molecular complexity index is 834. The molecule has 0 radical (unpaired) electrons. The van der Waals surface area contributed by atoms with Gasteiger partial charge in [-0.1, -0.05) is 59.7 Å². The molecular weight excluding hydrogens is 406 g/mol. The van der Waals surface area contributed by atoms with Gasteiger partial charge in [0.2, 0.25) is 14.2 Å². The Hall–Kier alpha value is -2.25. The van der Waals surface area contributed by atoms with Crippen LogP contribution in [0.5, 0.6) is 11.8 Å². The fourth-order valence-corrected chi connectivity index (χ4v) is 10.6. The van der Waals surface area contributed by atoms with E-state index in [-0.39, 0.29) is 18.0 Å². The van der Waals surface area contributed by atoms with Crippen LogP contribution >= 0.6 is 0 Å². The maximum Gasteiger partial charge on any atom is 0.322 e. The molecule has 31 heavy (non-hydrogen) atoms. The van der Waals surface area contributed by atoms with Crippen molar-refractivity contribution in [2.24, 2.45) is 0 Å². The molecule has 1 atom stereocenters. The first-order valence-electron chi connectivity index (χ1n) is 11.3. The number of rotatable bonds is 8. The number of aromatic nitrogens is 2. The lowest BCUT2D eigenvalue weighted by Gasteiger charge is -2.46. The molecule has 1 aromatic carbocycles. The second kappa shape index (κ2) is 9.91. The largest absolute Gasteiger partial charge is 0.424 e. The summed E-state index contributed by atoms with van der Waals surface area (Å²) in [6.45, 7) is 14.3. The molecule has 3 rings (SSSR count). The van der Waals surface area contributed by atoms with Crippen molar-refractivity contribution in [3.8, 4) is 11.8 Å². The van der Waals surface area contributed by atoms with Gasteiger partial charge in [0.1, 0.15) is 5.75 Å². The van der Waals surface area contributed by atoms with Gasteiger partial charge in [0, 0.05) is 6.54 Å². The second-order valence-electron chi connectivity index (χ2n) is 9.23. The van der Waals surface area contributed by atoms with Crippen molar-refractivity contribution in [3.63, 3.8) is 0 Å². The van der Waals surface area contributed by atoms with Crippen molar-refractivity contribution in [1.29, 1.82) is 0 Å². The van der Waals surface area contributed by atoms with E-state index in [2.05, 4.69) is 51.5 Å². The second-order valence-corrected chi connectivity index (χ2v) is 14.6. The van der Waals surface area contributed by atoms with Crippen molar-refractivity contribution in [2.45, 2.75) is 77.1 Å². The van der Waals surface area contributed by atoms with Crippen molar-refractivity contribution < 1.29 is 14.0 Å². The predicted octanol–water partition coefficient (Wildman–Crippen LogP) is 5.96. The van der Waals surface area contributed by atoms with Crippen LogP contribution < -0.4 is 9.64 Å². The van der Waals surface area contributed by atoms with Crippen LogP contribution in [0.3, 0.4) is 0 Å². The molecule has 0 spiro atoms. The van der Waals surface area contributed by atoms with Crippen LogP contribution in [0, 0.1) is 0 Å². The molecule has 168 valence electrons. The number of hydrogen-bond acceptors (Lipinski definition) is 5. The summed E-state index contributed by atoms with van der Waals surface area (Å²) < 4.78 is 12.5. The zero-order chi connectivity index (χ0) is 22.6. The maximum atomic E-state index is 13.0. The minimum atomic E-state index is -2.00. The summed E-state index contributed by atoms with van der Waals surface area (Å²) in [7, 11) is -2.00. The van der Waals surface area contributed by atoms with Gasteiger partial charge >= 0.3 is 6.01 Å². The highest BCUT2D eigenvalue weighted by Crippen LogP contribution is 2.44. The number of benzene rings is 1. The zero-order valence-corrected chi connectivity index (χ0v) is 20.5. The molecule has 1 amide bonds. The van der Waals surface area contributed by atoms with E-state index < -0.39 is 8.32 Å². The van der Waals surface area contributed by atoms with Crippen LogP contribution in [-0.4, -0.2) is 36.8 Å². The number of amides is 1. The number of nitrogens with zero attached hydrogens (tertiary/aromatic N) is 3. The number of ether oxygens (including phenoxy) is 1. The Kier molecular flexibility index (Phi) is 7.49. The summed E-state index contributed by atoms with van der Waals surface area (Å²) in [4.78, 5) is 23.3. The van der Waals surface area contributed by atoms with Crippen LogP contribution in [0.15, 0.2) is 42.7 Å². The fourth-order valence-electron chi connectivity index (χ4n) is 4.97. The highest BCUT2D eigenvalue weighted by molar-refractivity contribution is 6.77. The summed E-state index contributed by atoms with van der Waals surface area (Å²) in [5, 5.41) is 0. The van der Waals surface area contributed by atoms with E-state index in [0.717, 1.165) is 6.42 Å². The predicted molar refractivity (Wildman–Crippen MR) is 126 cm³/mol. The Morgan fingerprint density at radius 3 is 2.06 bits per heavy atom. The van der Waals surface area contributed by atoms with E-state index in [9.17, 15) is 4.79 Å². The van der Waals surface area contributed by atoms with E-state index in [1.165, 1.54) is 0 Å². The highest BCUT2D eigenvalue weighted by Gasteiger charge is 2.47. The normalized spacial score (nSPS) is 17.6. The minimum absolute atomic E-state index is 0.00998. The van der Waals surface area contributed by atoms with Gasteiger partial charge in [-0.15, -0.1) is 0 Å². The molecule has 6 nitrogen and oxygen atoms in total. The van der Waals surface area contributed by atoms with Gasteiger partial charge in [0.15, 0.2) is 0 Å². The van der Waals surface area contributed by atoms with Crippen molar-refractivity contribution >= 4 is 19.9 Å². The van der Waals surface area contributed by atoms with Crippen LogP contribution in [0.4, 0.5) is 5.69 Å². The van der Waals surface area contributed by atoms with Crippen LogP contribution in [-0.2, 0) is 9.22 Å². The molecule has 0 saturated carbocycles. The van der Waals surface area contributed by atoms with Gasteiger partial charge in [0.25, 0.3) is 0 Å². The van der Waals surface area contributed by atoms with Crippen LogP contribution in [0.2, 0.25) is 16.6 Å². The molecule has 1 aliphatic heterocycles. The Morgan fingerprint density at radius 2 is 1.55 bits per heavy atom. The molecule has 1 aliphatic rings. The smallest absolute Gasteiger partial charge is 0.322 e. The third-order valence-corrected chi connectivity index (χ3v) is 12.5. The standard InChI is InChI=1S/C24H35N3O3Si/c1-17(2)31(18(3)4,19(5)6)30-22-12-13-27(23(28)14-22)20-15-25-24(26-16-20)29-21-10-8-7-9-11-21/h7-11,15-19,22H,12-14H2,1-6H3. The van der Waals surface area contributed by atoms with E-state index >= 15 is 0 Å². The van der Waals surface area contributed by atoms with E-state index in [1.807, 2.05) is 30.3 Å². The lowest BCUT2D eigenvalue weighted by molar-refractivity contribution is -0.121. The Morgan fingerprint density at radius 1 is 0.968 bits per heavy atom. The summed E-state index contributed by atoms with van der Waals surface area (Å²) in [6, 6.07) is 9.67. The van der Waals surface area contributed by atoms with Gasteiger partial charge in [-0.25, -0.2) is 9.97 Å². The first-order chi connectivity index (χ1) is 14.7. The molecule has 7 heteroatoms.